The van der Waals surface area contributed by atoms with Crippen molar-refractivity contribution in [2.45, 2.75) is 26.9 Å². The highest BCUT2D eigenvalue weighted by Gasteiger charge is 2.10. The second-order valence-corrected chi connectivity index (χ2v) is 4.51. The van der Waals surface area contributed by atoms with E-state index in [1.807, 2.05) is 43.3 Å². The Kier molecular flexibility index (Phi) is 3.68. The van der Waals surface area contributed by atoms with Crippen LogP contribution in [0.4, 0.5) is 0 Å². The highest BCUT2D eigenvalue weighted by atomic mass is 16.5. The zero-order valence-corrected chi connectivity index (χ0v) is 11.0. The van der Waals surface area contributed by atoms with Crippen molar-refractivity contribution in [3.63, 3.8) is 0 Å². The Morgan fingerprint density at radius 2 is 1.61 bits per heavy atom. The Bertz CT molecular complexity index is 545. The summed E-state index contributed by atoms with van der Waals surface area (Å²) < 4.78 is 5.92. The van der Waals surface area contributed by atoms with Crippen LogP contribution in [-0.4, -0.2) is 5.11 Å². The lowest BCUT2D eigenvalue weighted by Crippen LogP contribution is -1.97. The number of aliphatic hydroxyl groups is 1. The molecule has 0 radical (unpaired) electrons. The molecule has 0 bridgehead atoms. The summed E-state index contributed by atoms with van der Waals surface area (Å²) in [4.78, 5) is 0. The summed E-state index contributed by atoms with van der Waals surface area (Å²) >= 11 is 0. The average Bonchev–Trinajstić information content (AvgIpc) is 2.35. The number of aliphatic hydroxyl groups excluding tert-OH is 1. The van der Waals surface area contributed by atoms with E-state index in [-0.39, 0.29) is 0 Å². The summed E-state index contributed by atoms with van der Waals surface area (Å²) in [6, 6.07) is 13.5. The summed E-state index contributed by atoms with van der Waals surface area (Å²) in [7, 11) is 0. The zero-order valence-electron chi connectivity index (χ0n) is 11.0. The summed E-state index contributed by atoms with van der Waals surface area (Å²) in [5.74, 6) is 1.55. The summed E-state index contributed by atoms with van der Waals surface area (Å²) in [6.07, 6.45) is -0.536. The number of para-hydroxylation sites is 1. The van der Waals surface area contributed by atoms with Gasteiger partial charge in [0.1, 0.15) is 11.5 Å². The average molecular weight is 242 g/mol. The minimum Gasteiger partial charge on any atom is -0.457 e. The van der Waals surface area contributed by atoms with Gasteiger partial charge in [0, 0.05) is 5.56 Å². The van der Waals surface area contributed by atoms with E-state index < -0.39 is 6.10 Å². The molecule has 0 saturated heterocycles. The second kappa shape index (κ2) is 5.23. The van der Waals surface area contributed by atoms with Gasteiger partial charge in [0.25, 0.3) is 0 Å². The van der Waals surface area contributed by atoms with Crippen LogP contribution in [0.2, 0.25) is 0 Å². The molecule has 2 rings (SSSR count). The first-order valence-electron chi connectivity index (χ1n) is 6.10. The van der Waals surface area contributed by atoms with E-state index >= 15 is 0 Å². The van der Waals surface area contributed by atoms with Gasteiger partial charge in [-0.05, 0) is 44.0 Å². The molecule has 1 N–H and O–H groups in total. The summed E-state index contributed by atoms with van der Waals surface area (Å²) in [6.45, 7) is 5.84. The third-order valence-corrected chi connectivity index (χ3v) is 3.14. The van der Waals surface area contributed by atoms with Crippen LogP contribution in [0.5, 0.6) is 11.5 Å². The van der Waals surface area contributed by atoms with Crippen molar-refractivity contribution >= 4 is 0 Å². The van der Waals surface area contributed by atoms with E-state index in [1.54, 1.807) is 6.92 Å². The molecule has 94 valence electrons. The number of hydrogen-bond acceptors (Lipinski definition) is 2. The predicted molar refractivity (Wildman–Crippen MR) is 73.1 cm³/mol. The molecule has 0 saturated carbocycles. The molecule has 0 aromatic heterocycles. The van der Waals surface area contributed by atoms with Crippen molar-refractivity contribution in [2.75, 3.05) is 0 Å². The molecule has 2 nitrogen and oxygen atoms in total. The summed E-state index contributed by atoms with van der Waals surface area (Å²) in [5.41, 5.74) is 3.12. The first-order chi connectivity index (χ1) is 8.59. The number of aryl methyl sites for hydroxylation is 1. The standard InChI is InChI=1S/C16H18O2/c1-11-7-6-10-15(12(11)2)18-16-9-5-4-8-14(16)13(3)17/h4-10,13,17H,1-3H3/t13-/m1/s1. The molecule has 0 spiro atoms. The summed E-state index contributed by atoms with van der Waals surface area (Å²) in [5, 5.41) is 9.73. The molecule has 2 aromatic carbocycles. The highest BCUT2D eigenvalue weighted by molar-refractivity contribution is 5.44. The van der Waals surface area contributed by atoms with E-state index in [9.17, 15) is 5.11 Å². The van der Waals surface area contributed by atoms with Crippen LogP contribution in [0, 0.1) is 13.8 Å². The number of hydrogen-bond donors (Lipinski definition) is 1. The van der Waals surface area contributed by atoms with Crippen molar-refractivity contribution in [3.8, 4) is 11.5 Å². The van der Waals surface area contributed by atoms with Crippen LogP contribution in [0.15, 0.2) is 42.5 Å². The molecule has 0 aliphatic heterocycles. The number of rotatable bonds is 3. The molecule has 0 amide bonds. The van der Waals surface area contributed by atoms with Gasteiger partial charge in [-0.3, -0.25) is 0 Å². The maximum atomic E-state index is 9.73. The lowest BCUT2D eigenvalue weighted by atomic mass is 10.1. The molecule has 0 aliphatic rings. The fourth-order valence-corrected chi connectivity index (χ4v) is 1.87. The van der Waals surface area contributed by atoms with Gasteiger partial charge in [0.2, 0.25) is 0 Å². The van der Waals surface area contributed by atoms with Crippen molar-refractivity contribution in [3.05, 3.63) is 59.2 Å². The van der Waals surface area contributed by atoms with E-state index in [2.05, 4.69) is 13.0 Å². The van der Waals surface area contributed by atoms with Gasteiger partial charge in [-0.2, -0.15) is 0 Å². The van der Waals surface area contributed by atoms with Gasteiger partial charge in [-0.1, -0.05) is 30.3 Å². The van der Waals surface area contributed by atoms with Crippen LogP contribution in [0.25, 0.3) is 0 Å². The molecule has 0 heterocycles. The highest BCUT2D eigenvalue weighted by Crippen LogP contribution is 2.31. The quantitative estimate of drug-likeness (QED) is 0.876. The van der Waals surface area contributed by atoms with E-state index in [0.717, 1.165) is 16.9 Å². The third-order valence-electron chi connectivity index (χ3n) is 3.14. The Morgan fingerprint density at radius 3 is 2.33 bits per heavy atom. The van der Waals surface area contributed by atoms with Gasteiger partial charge in [0.05, 0.1) is 6.10 Å². The molecular formula is C16H18O2. The van der Waals surface area contributed by atoms with E-state index in [0.29, 0.717) is 5.75 Å². The molecular weight excluding hydrogens is 224 g/mol. The molecule has 2 aromatic rings. The fraction of sp³-hybridized carbons (Fsp3) is 0.250. The Morgan fingerprint density at radius 1 is 0.944 bits per heavy atom. The van der Waals surface area contributed by atoms with Gasteiger partial charge in [0.15, 0.2) is 0 Å². The molecule has 0 fully saturated rings. The first-order valence-corrected chi connectivity index (χ1v) is 6.10. The molecule has 0 unspecified atom stereocenters. The maximum absolute atomic E-state index is 9.73. The van der Waals surface area contributed by atoms with Crippen LogP contribution < -0.4 is 4.74 Å². The lowest BCUT2D eigenvalue weighted by Gasteiger charge is -2.15. The smallest absolute Gasteiger partial charge is 0.133 e. The van der Waals surface area contributed by atoms with Crippen molar-refractivity contribution in [2.24, 2.45) is 0 Å². The minimum absolute atomic E-state index is 0.536. The maximum Gasteiger partial charge on any atom is 0.133 e. The largest absolute Gasteiger partial charge is 0.457 e. The molecule has 0 aliphatic carbocycles. The van der Waals surface area contributed by atoms with E-state index in [4.69, 9.17) is 4.74 Å². The van der Waals surface area contributed by atoms with Crippen molar-refractivity contribution < 1.29 is 9.84 Å². The molecule has 1 atom stereocenters. The Balaban J connectivity index is 2.37. The van der Waals surface area contributed by atoms with Gasteiger partial charge < -0.3 is 9.84 Å². The van der Waals surface area contributed by atoms with Crippen LogP contribution >= 0.6 is 0 Å². The Labute approximate surface area is 108 Å². The number of ether oxygens (including phenoxy) is 1. The Hall–Kier alpha value is -1.80. The number of benzene rings is 2. The molecule has 18 heavy (non-hydrogen) atoms. The SMILES string of the molecule is Cc1cccc(Oc2ccccc2[C@@H](C)O)c1C. The first kappa shape index (κ1) is 12.7. The normalized spacial score (nSPS) is 12.2. The predicted octanol–water partition coefficient (Wildman–Crippen LogP) is 4.15. The van der Waals surface area contributed by atoms with E-state index in [1.165, 1.54) is 5.56 Å². The van der Waals surface area contributed by atoms with Crippen LogP contribution in [0.3, 0.4) is 0 Å². The second-order valence-electron chi connectivity index (χ2n) is 4.51. The van der Waals surface area contributed by atoms with Gasteiger partial charge >= 0.3 is 0 Å². The lowest BCUT2D eigenvalue weighted by molar-refractivity contribution is 0.195. The van der Waals surface area contributed by atoms with Crippen LogP contribution in [-0.2, 0) is 0 Å². The fourth-order valence-electron chi connectivity index (χ4n) is 1.87. The zero-order chi connectivity index (χ0) is 13.1. The van der Waals surface area contributed by atoms with Crippen molar-refractivity contribution in [1.29, 1.82) is 0 Å². The minimum atomic E-state index is -0.536. The monoisotopic (exact) mass is 242 g/mol. The van der Waals surface area contributed by atoms with Gasteiger partial charge in [-0.15, -0.1) is 0 Å². The molecule has 2 heteroatoms. The van der Waals surface area contributed by atoms with Crippen LogP contribution in [0.1, 0.15) is 29.7 Å². The van der Waals surface area contributed by atoms with Gasteiger partial charge in [-0.25, -0.2) is 0 Å². The van der Waals surface area contributed by atoms with Crippen molar-refractivity contribution in [1.82, 2.24) is 0 Å². The third kappa shape index (κ3) is 2.54. The topological polar surface area (TPSA) is 29.5 Å².